The molecule has 4 amide bonds. The van der Waals surface area contributed by atoms with Gasteiger partial charge in [-0.1, -0.05) is 6.07 Å². The summed E-state index contributed by atoms with van der Waals surface area (Å²) < 4.78 is 0. The second kappa shape index (κ2) is 8.50. The second-order valence-corrected chi connectivity index (χ2v) is 6.46. The summed E-state index contributed by atoms with van der Waals surface area (Å²) in [6, 6.07) is 6.04. The summed E-state index contributed by atoms with van der Waals surface area (Å²) in [4.78, 5) is 38.4. The molecule has 7 nitrogen and oxygen atoms in total. The lowest BCUT2D eigenvalue weighted by Gasteiger charge is -2.34. The van der Waals surface area contributed by atoms with Crippen LogP contribution in [0.1, 0.15) is 43.5 Å². The third kappa shape index (κ3) is 4.95. The smallest absolute Gasteiger partial charge is 0.319 e. The number of likely N-dealkylation sites (tertiary alicyclic amines) is 1. The lowest BCUT2D eigenvalue weighted by molar-refractivity contribution is -0.126. The van der Waals surface area contributed by atoms with Crippen LogP contribution in [0.5, 0.6) is 0 Å². The van der Waals surface area contributed by atoms with Gasteiger partial charge < -0.3 is 20.9 Å². The number of carbonyl (C=O) groups excluding carboxylic acids is 3. The molecule has 0 radical (unpaired) electrons. The van der Waals surface area contributed by atoms with Crippen LogP contribution >= 0.6 is 0 Å². The lowest BCUT2D eigenvalue weighted by atomic mass is 10.00. The zero-order valence-corrected chi connectivity index (χ0v) is 15.0. The van der Waals surface area contributed by atoms with Gasteiger partial charge in [-0.3, -0.25) is 9.59 Å². The van der Waals surface area contributed by atoms with Gasteiger partial charge in [-0.25, -0.2) is 4.79 Å². The summed E-state index contributed by atoms with van der Waals surface area (Å²) in [7, 11) is 1.58. The number of carbonyl (C=O) groups is 3. The Labute approximate surface area is 148 Å². The molecule has 2 rings (SSSR count). The molecule has 0 spiro atoms. The first-order chi connectivity index (χ1) is 11.9. The number of amides is 4. The van der Waals surface area contributed by atoms with E-state index in [4.69, 9.17) is 0 Å². The molecule has 25 heavy (non-hydrogen) atoms. The molecule has 0 saturated carbocycles. The third-order valence-electron chi connectivity index (χ3n) is 4.10. The van der Waals surface area contributed by atoms with Gasteiger partial charge >= 0.3 is 6.03 Å². The van der Waals surface area contributed by atoms with Crippen molar-refractivity contribution in [1.82, 2.24) is 15.5 Å². The normalized spacial score (nSPS) is 17.1. The molecule has 1 saturated heterocycles. The predicted octanol–water partition coefficient (Wildman–Crippen LogP) is 1.96. The molecule has 1 aromatic rings. The van der Waals surface area contributed by atoms with E-state index < -0.39 is 6.04 Å². The highest BCUT2D eigenvalue weighted by atomic mass is 16.2. The molecule has 3 N–H and O–H groups in total. The fourth-order valence-corrected chi connectivity index (χ4v) is 2.94. The highest BCUT2D eigenvalue weighted by molar-refractivity contribution is 5.99. The van der Waals surface area contributed by atoms with E-state index in [9.17, 15) is 14.4 Å². The van der Waals surface area contributed by atoms with Crippen molar-refractivity contribution >= 4 is 23.5 Å². The van der Waals surface area contributed by atoms with Crippen LogP contribution in [0.3, 0.4) is 0 Å². The first kappa shape index (κ1) is 18.8. The van der Waals surface area contributed by atoms with Crippen molar-refractivity contribution in [3.8, 4) is 0 Å². The lowest BCUT2D eigenvalue weighted by Crippen LogP contribution is -2.51. The number of hydrogen-bond acceptors (Lipinski definition) is 3. The van der Waals surface area contributed by atoms with Crippen molar-refractivity contribution in [3.63, 3.8) is 0 Å². The van der Waals surface area contributed by atoms with E-state index in [1.54, 1.807) is 36.2 Å². The van der Waals surface area contributed by atoms with E-state index in [2.05, 4.69) is 16.0 Å². The largest absolute Gasteiger partial charge is 0.357 e. The van der Waals surface area contributed by atoms with Gasteiger partial charge in [0.15, 0.2) is 0 Å². The van der Waals surface area contributed by atoms with Crippen LogP contribution in [0.4, 0.5) is 10.5 Å². The maximum atomic E-state index is 12.9. The monoisotopic (exact) mass is 346 g/mol. The average molecular weight is 346 g/mol. The Bertz CT molecular complexity index is 645. The maximum absolute atomic E-state index is 12.9. The average Bonchev–Trinajstić information content (AvgIpc) is 2.60. The highest BCUT2D eigenvalue weighted by Crippen LogP contribution is 2.21. The van der Waals surface area contributed by atoms with Crippen LogP contribution in [-0.2, 0) is 4.79 Å². The molecular weight excluding hydrogens is 320 g/mol. The zero-order valence-electron chi connectivity index (χ0n) is 15.0. The Kier molecular flexibility index (Phi) is 6.38. The Morgan fingerprint density at radius 2 is 1.96 bits per heavy atom. The second-order valence-electron chi connectivity index (χ2n) is 6.46. The van der Waals surface area contributed by atoms with E-state index in [0.29, 0.717) is 24.2 Å². The van der Waals surface area contributed by atoms with E-state index in [1.807, 2.05) is 13.8 Å². The van der Waals surface area contributed by atoms with Crippen LogP contribution < -0.4 is 16.0 Å². The number of benzene rings is 1. The van der Waals surface area contributed by atoms with Crippen molar-refractivity contribution in [2.45, 2.75) is 45.2 Å². The third-order valence-corrected chi connectivity index (χ3v) is 4.10. The zero-order chi connectivity index (χ0) is 18.4. The molecule has 1 aromatic carbocycles. The Balaban J connectivity index is 2.14. The summed E-state index contributed by atoms with van der Waals surface area (Å²) in [6.45, 7) is 4.30. The minimum atomic E-state index is -0.438. The van der Waals surface area contributed by atoms with Gasteiger partial charge in [0, 0.05) is 30.9 Å². The number of urea groups is 1. The fourth-order valence-electron chi connectivity index (χ4n) is 2.94. The predicted molar refractivity (Wildman–Crippen MR) is 96.5 cm³/mol. The summed E-state index contributed by atoms with van der Waals surface area (Å²) in [6.07, 6.45) is 2.48. The molecule has 7 heteroatoms. The first-order valence-electron chi connectivity index (χ1n) is 8.62. The number of piperidine rings is 1. The number of nitrogens with one attached hydrogen (secondary N) is 3. The fraction of sp³-hybridized carbons (Fsp3) is 0.500. The SMILES string of the molecule is CNC(=O)[C@H]1CCCCN1C(=O)c1cccc(NC(=O)NC(C)C)c1. The Hall–Kier alpha value is -2.57. The van der Waals surface area contributed by atoms with E-state index in [0.717, 1.165) is 12.8 Å². The summed E-state index contributed by atoms with van der Waals surface area (Å²) in [5.74, 6) is -0.333. The van der Waals surface area contributed by atoms with Gasteiger partial charge in [0.2, 0.25) is 5.91 Å². The van der Waals surface area contributed by atoms with Gasteiger partial charge in [-0.05, 0) is 51.3 Å². The maximum Gasteiger partial charge on any atom is 0.319 e. The van der Waals surface area contributed by atoms with Crippen LogP contribution in [0.15, 0.2) is 24.3 Å². The molecule has 1 atom stereocenters. The van der Waals surface area contributed by atoms with Gasteiger partial charge in [-0.2, -0.15) is 0 Å². The Morgan fingerprint density at radius 3 is 2.64 bits per heavy atom. The van der Waals surface area contributed by atoms with Crippen molar-refractivity contribution in [2.24, 2.45) is 0 Å². The standard InChI is InChI=1S/C18H26N4O3/c1-12(2)20-18(25)21-14-8-6-7-13(11-14)17(24)22-10-5-4-9-15(22)16(23)19-3/h6-8,11-12,15H,4-5,9-10H2,1-3H3,(H,19,23)(H2,20,21,25)/t15-/m1/s1. The number of hydrogen-bond donors (Lipinski definition) is 3. The molecule has 0 aliphatic carbocycles. The van der Waals surface area contributed by atoms with E-state index in [1.165, 1.54) is 0 Å². The molecular formula is C18H26N4O3. The number of likely N-dealkylation sites (N-methyl/N-ethyl adjacent to an activating group) is 1. The number of anilines is 1. The summed E-state index contributed by atoms with van der Waals surface area (Å²) >= 11 is 0. The summed E-state index contributed by atoms with van der Waals surface area (Å²) in [5, 5.41) is 8.08. The molecule has 0 bridgehead atoms. The quantitative estimate of drug-likeness (QED) is 0.778. The minimum Gasteiger partial charge on any atom is -0.357 e. The molecule has 0 unspecified atom stereocenters. The van der Waals surface area contributed by atoms with Crippen molar-refractivity contribution in [1.29, 1.82) is 0 Å². The molecule has 0 aromatic heterocycles. The topological polar surface area (TPSA) is 90.5 Å². The van der Waals surface area contributed by atoms with E-state index >= 15 is 0 Å². The van der Waals surface area contributed by atoms with E-state index in [-0.39, 0.29) is 23.9 Å². The number of nitrogens with zero attached hydrogens (tertiary/aromatic N) is 1. The van der Waals surface area contributed by atoms with Crippen LogP contribution in [0.2, 0.25) is 0 Å². The minimum absolute atomic E-state index is 0.0199. The van der Waals surface area contributed by atoms with Gasteiger partial charge in [0.25, 0.3) is 5.91 Å². The van der Waals surface area contributed by atoms with Crippen molar-refractivity contribution < 1.29 is 14.4 Å². The van der Waals surface area contributed by atoms with Gasteiger partial charge in [-0.15, -0.1) is 0 Å². The molecule has 1 heterocycles. The summed E-state index contributed by atoms with van der Waals surface area (Å²) in [5.41, 5.74) is 0.996. The van der Waals surface area contributed by atoms with Crippen LogP contribution in [0.25, 0.3) is 0 Å². The first-order valence-corrected chi connectivity index (χ1v) is 8.62. The highest BCUT2D eigenvalue weighted by Gasteiger charge is 2.32. The molecule has 1 fully saturated rings. The van der Waals surface area contributed by atoms with Crippen molar-refractivity contribution in [3.05, 3.63) is 29.8 Å². The van der Waals surface area contributed by atoms with Crippen LogP contribution in [-0.4, -0.2) is 48.4 Å². The Morgan fingerprint density at radius 1 is 1.20 bits per heavy atom. The van der Waals surface area contributed by atoms with Crippen molar-refractivity contribution in [2.75, 3.05) is 18.9 Å². The molecule has 1 aliphatic heterocycles. The van der Waals surface area contributed by atoms with Gasteiger partial charge in [0.05, 0.1) is 0 Å². The van der Waals surface area contributed by atoms with Crippen LogP contribution in [0, 0.1) is 0 Å². The number of rotatable bonds is 4. The molecule has 1 aliphatic rings. The van der Waals surface area contributed by atoms with Gasteiger partial charge in [0.1, 0.15) is 6.04 Å². The molecule has 136 valence electrons.